The summed E-state index contributed by atoms with van der Waals surface area (Å²) >= 11 is 6.45. The van der Waals surface area contributed by atoms with Gasteiger partial charge in [0, 0.05) is 17.1 Å². The van der Waals surface area contributed by atoms with Crippen molar-refractivity contribution < 1.29 is 19.5 Å². The molecule has 3 aromatic heterocycles. The van der Waals surface area contributed by atoms with Gasteiger partial charge in [-0.3, -0.25) is 19.4 Å². The average Bonchev–Trinajstić information content (AvgIpc) is 3.34. The smallest absolute Gasteiger partial charge is 0.309 e. The zero-order chi connectivity index (χ0) is 28.3. The van der Waals surface area contributed by atoms with Crippen molar-refractivity contribution in [3.8, 4) is 11.3 Å². The van der Waals surface area contributed by atoms with E-state index in [4.69, 9.17) is 21.4 Å². The first-order chi connectivity index (χ1) is 19.2. The van der Waals surface area contributed by atoms with Gasteiger partial charge in [-0.25, -0.2) is 15.1 Å². The van der Waals surface area contributed by atoms with E-state index in [2.05, 4.69) is 26.8 Å². The van der Waals surface area contributed by atoms with E-state index in [9.17, 15) is 14.7 Å². The monoisotopic (exact) mass is 558 g/mol. The summed E-state index contributed by atoms with van der Waals surface area (Å²) in [6.07, 6.45) is 2.66. The number of benzene rings is 2. The third-order valence-electron chi connectivity index (χ3n) is 6.66. The lowest BCUT2D eigenvalue weighted by Gasteiger charge is -2.18. The number of hydrogen-bond acceptors (Lipinski definition) is 7. The quantitative estimate of drug-likeness (QED) is 0.174. The molecule has 40 heavy (non-hydrogen) atoms. The molecule has 0 saturated carbocycles. The minimum Gasteiger partial charge on any atom is -0.481 e. The fourth-order valence-electron chi connectivity index (χ4n) is 4.24. The van der Waals surface area contributed by atoms with Crippen LogP contribution in [0.2, 0.25) is 5.02 Å². The van der Waals surface area contributed by atoms with Gasteiger partial charge in [-0.1, -0.05) is 35.0 Å². The Morgan fingerprint density at radius 3 is 2.70 bits per heavy atom. The van der Waals surface area contributed by atoms with Crippen molar-refractivity contribution in [3.05, 3.63) is 83.0 Å². The van der Waals surface area contributed by atoms with Crippen LogP contribution >= 0.6 is 11.6 Å². The first-order valence-electron chi connectivity index (χ1n) is 12.7. The number of nitrogens with zero attached hydrogens (tertiary/aromatic N) is 5. The van der Waals surface area contributed by atoms with Crippen molar-refractivity contribution in [2.75, 3.05) is 6.61 Å². The number of fused-ring (bicyclic) bond motifs is 2. The molecule has 0 bridgehead atoms. The van der Waals surface area contributed by atoms with E-state index in [1.54, 1.807) is 42.9 Å². The molecular formula is C29H27ClN6O4. The lowest BCUT2D eigenvalue weighted by molar-refractivity contribution is -0.147. The van der Waals surface area contributed by atoms with Crippen molar-refractivity contribution in [1.29, 1.82) is 0 Å². The molecule has 2 N–H and O–H groups in total. The van der Waals surface area contributed by atoms with Gasteiger partial charge in [-0.2, -0.15) is 0 Å². The number of hydroxylamine groups is 1. The molecule has 204 valence electrons. The number of carbonyl (C=O) groups excluding carboxylic acids is 1. The molecule has 0 aliphatic rings. The lowest BCUT2D eigenvalue weighted by Crippen LogP contribution is -2.27. The Balaban J connectivity index is 1.27. The fraction of sp³-hybridized carbons (Fsp3) is 0.241. The molecule has 1 amide bonds. The van der Waals surface area contributed by atoms with Crippen LogP contribution in [0.15, 0.2) is 66.9 Å². The molecule has 5 aromatic rings. The Hall–Kier alpha value is -4.41. The fourth-order valence-corrected chi connectivity index (χ4v) is 4.51. The lowest BCUT2D eigenvalue weighted by atomic mass is 9.88. The normalized spacial score (nSPS) is 11.7. The number of carboxylic acid groups (broad SMARTS) is 1. The highest BCUT2D eigenvalue weighted by Gasteiger charge is 2.26. The number of hydrogen-bond donors (Lipinski definition) is 2. The largest absolute Gasteiger partial charge is 0.481 e. The van der Waals surface area contributed by atoms with Crippen LogP contribution < -0.4 is 5.48 Å². The summed E-state index contributed by atoms with van der Waals surface area (Å²) in [5.41, 5.74) is 6.40. The molecular weight excluding hydrogens is 532 g/mol. The summed E-state index contributed by atoms with van der Waals surface area (Å²) in [5, 5.41) is 19.0. The van der Waals surface area contributed by atoms with Crippen LogP contribution in [0.5, 0.6) is 0 Å². The summed E-state index contributed by atoms with van der Waals surface area (Å²) in [5.74, 6) is -1.37. The van der Waals surface area contributed by atoms with Crippen molar-refractivity contribution >= 4 is 45.5 Å². The Morgan fingerprint density at radius 1 is 1.07 bits per heavy atom. The second kappa shape index (κ2) is 11.4. The van der Waals surface area contributed by atoms with Crippen LogP contribution in [0.4, 0.5) is 0 Å². The average molecular weight is 559 g/mol. The first-order valence-corrected chi connectivity index (χ1v) is 13.1. The maximum Gasteiger partial charge on any atom is 0.309 e. The number of amides is 1. The molecule has 0 unspecified atom stereocenters. The van der Waals surface area contributed by atoms with Crippen molar-refractivity contribution in [3.63, 3.8) is 0 Å². The summed E-state index contributed by atoms with van der Waals surface area (Å²) in [6.45, 7) is 3.97. The first kappa shape index (κ1) is 27.2. The maximum atomic E-state index is 12.6. The SMILES string of the molecule is CC(C)(CCCONC(=O)c1ccc(-c2ccc3nnn(Cc4ccc5ncccc5c4)c3n2)cc1Cl)C(=O)O. The Kier molecular flexibility index (Phi) is 7.72. The van der Waals surface area contributed by atoms with E-state index in [-0.39, 0.29) is 17.2 Å². The number of pyridine rings is 2. The van der Waals surface area contributed by atoms with Crippen LogP contribution in [-0.2, 0) is 16.2 Å². The van der Waals surface area contributed by atoms with Gasteiger partial charge in [0.1, 0.15) is 5.52 Å². The van der Waals surface area contributed by atoms with Crippen LogP contribution in [-0.4, -0.2) is 48.6 Å². The van der Waals surface area contributed by atoms with Crippen LogP contribution in [0.25, 0.3) is 33.3 Å². The van der Waals surface area contributed by atoms with E-state index >= 15 is 0 Å². The van der Waals surface area contributed by atoms with Gasteiger partial charge in [-0.05, 0) is 74.7 Å². The van der Waals surface area contributed by atoms with Gasteiger partial charge in [-0.15, -0.1) is 5.10 Å². The second-order valence-corrected chi connectivity index (χ2v) is 10.5. The van der Waals surface area contributed by atoms with Crippen molar-refractivity contribution in [2.45, 2.75) is 33.2 Å². The van der Waals surface area contributed by atoms with E-state index in [0.717, 1.165) is 22.0 Å². The molecule has 0 saturated heterocycles. The van der Waals surface area contributed by atoms with E-state index in [0.29, 0.717) is 36.2 Å². The van der Waals surface area contributed by atoms with Gasteiger partial charge in [0.05, 0.1) is 40.4 Å². The second-order valence-electron chi connectivity index (χ2n) is 10.1. The molecule has 0 spiro atoms. The zero-order valence-corrected chi connectivity index (χ0v) is 22.7. The van der Waals surface area contributed by atoms with Gasteiger partial charge in [0.25, 0.3) is 5.91 Å². The van der Waals surface area contributed by atoms with E-state index in [1.807, 2.05) is 36.4 Å². The predicted octanol–water partition coefficient (Wildman–Crippen LogP) is 5.30. The molecule has 0 atom stereocenters. The molecule has 0 aliphatic heterocycles. The summed E-state index contributed by atoms with van der Waals surface area (Å²) in [6, 6.07) is 18.7. The molecule has 10 nitrogen and oxygen atoms in total. The number of carbonyl (C=O) groups is 2. The van der Waals surface area contributed by atoms with Crippen molar-refractivity contribution in [1.82, 2.24) is 30.4 Å². The Bertz CT molecular complexity index is 1720. The van der Waals surface area contributed by atoms with Gasteiger partial charge in [0.15, 0.2) is 5.65 Å². The zero-order valence-electron chi connectivity index (χ0n) is 22.0. The highest BCUT2D eigenvalue weighted by molar-refractivity contribution is 6.34. The third kappa shape index (κ3) is 5.93. The predicted molar refractivity (Wildman–Crippen MR) is 151 cm³/mol. The molecule has 0 fully saturated rings. The van der Waals surface area contributed by atoms with E-state index in [1.165, 1.54) is 0 Å². The molecule has 3 heterocycles. The minimum atomic E-state index is -0.875. The number of carboxylic acids is 1. The van der Waals surface area contributed by atoms with Gasteiger partial charge in [0.2, 0.25) is 0 Å². The molecule has 0 aliphatic carbocycles. The van der Waals surface area contributed by atoms with Crippen LogP contribution in [0.3, 0.4) is 0 Å². The van der Waals surface area contributed by atoms with Crippen LogP contribution in [0.1, 0.15) is 42.6 Å². The Labute approximate surface area is 234 Å². The number of halogens is 1. The summed E-state index contributed by atoms with van der Waals surface area (Å²) < 4.78 is 1.74. The topological polar surface area (TPSA) is 132 Å². The summed E-state index contributed by atoms with van der Waals surface area (Å²) in [4.78, 5) is 38.1. The van der Waals surface area contributed by atoms with E-state index < -0.39 is 17.3 Å². The molecule has 2 aromatic carbocycles. The summed E-state index contributed by atoms with van der Waals surface area (Å²) in [7, 11) is 0. The van der Waals surface area contributed by atoms with Crippen molar-refractivity contribution in [2.24, 2.45) is 5.41 Å². The van der Waals surface area contributed by atoms with Gasteiger partial charge >= 0.3 is 5.97 Å². The number of aliphatic carboxylic acids is 1. The number of nitrogens with one attached hydrogen (secondary N) is 1. The van der Waals surface area contributed by atoms with Crippen LogP contribution in [0, 0.1) is 5.41 Å². The number of rotatable bonds is 10. The standard InChI is InChI=1S/C29H27ClN6O4/c1-29(2,28(38)39)12-4-14-40-34-27(37)21-8-7-20(16-22(21)30)24-10-11-25-26(32-24)36(35-33-25)17-18-6-9-23-19(15-18)5-3-13-31-23/h3,5-11,13,15-16H,4,12,14,17H2,1-2H3,(H,34,37)(H,38,39). The third-order valence-corrected chi connectivity index (χ3v) is 6.97. The number of aromatic nitrogens is 5. The Morgan fingerprint density at radius 2 is 1.90 bits per heavy atom. The molecule has 0 radical (unpaired) electrons. The highest BCUT2D eigenvalue weighted by atomic mass is 35.5. The van der Waals surface area contributed by atoms with Gasteiger partial charge < -0.3 is 5.11 Å². The minimum absolute atomic E-state index is 0.180. The highest BCUT2D eigenvalue weighted by Crippen LogP contribution is 2.27. The molecule has 5 rings (SSSR count). The maximum absolute atomic E-state index is 12.6. The molecule has 11 heteroatoms.